The fourth-order valence-corrected chi connectivity index (χ4v) is 3.32. The standard InChI is InChI=1S/C20H29ClN2O2/c1-14(2)13-23-20(25)17-7-5-16(6-8-17)19(24)22-12-11-15-3-9-18(21)10-4-15/h3-4,9-10,14,16-17H,5-8,11-13H2,1-2H3,(H,22,24)(H,23,25). The molecule has 138 valence electrons. The Kier molecular flexibility index (Phi) is 7.76. The Bertz CT molecular complexity index is 564. The smallest absolute Gasteiger partial charge is 0.223 e. The van der Waals surface area contributed by atoms with Crippen molar-refractivity contribution in [2.24, 2.45) is 17.8 Å². The molecule has 0 atom stereocenters. The van der Waals surface area contributed by atoms with E-state index in [0.717, 1.165) is 49.2 Å². The maximum Gasteiger partial charge on any atom is 0.223 e. The van der Waals surface area contributed by atoms with Crippen molar-refractivity contribution >= 4 is 23.4 Å². The van der Waals surface area contributed by atoms with Crippen LogP contribution in [0.3, 0.4) is 0 Å². The molecule has 1 saturated carbocycles. The first kappa shape index (κ1) is 19.8. The maximum atomic E-state index is 12.3. The van der Waals surface area contributed by atoms with Gasteiger partial charge in [-0.15, -0.1) is 0 Å². The van der Waals surface area contributed by atoms with Gasteiger partial charge in [0.05, 0.1) is 0 Å². The summed E-state index contributed by atoms with van der Waals surface area (Å²) < 4.78 is 0. The zero-order valence-corrected chi connectivity index (χ0v) is 15.9. The van der Waals surface area contributed by atoms with Crippen LogP contribution in [0.25, 0.3) is 0 Å². The van der Waals surface area contributed by atoms with Crippen LogP contribution in [-0.4, -0.2) is 24.9 Å². The highest BCUT2D eigenvalue weighted by Gasteiger charge is 2.29. The Morgan fingerprint density at radius 2 is 1.52 bits per heavy atom. The number of rotatable bonds is 7. The van der Waals surface area contributed by atoms with Crippen molar-refractivity contribution in [1.82, 2.24) is 10.6 Å². The number of carbonyl (C=O) groups is 2. The first-order valence-corrected chi connectivity index (χ1v) is 9.63. The van der Waals surface area contributed by atoms with Gasteiger partial charge in [-0.3, -0.25) is 9.59 Å². The number of hydrogen-bond donors (Lipinski definition) is 2. The van der Waals surface area contributed by atoms with Crippen LogP contribution in [0.2, 0.25) is 5.02 Å². The van der Waals surface area contributed by atoms with Gasteiger partial charge in [-0.2, -0.15) is 0 Å². The molecule has 1 fully saturated rings. The Morgan fingerprint density at radius 3 is 2.04 bits per heavy atom. The summed E-state index contributed by atoms with van der Waals surface area (Å²) in [6.07, 6.45) is 4.01. The Labute approximate surface area is 155 Å². The van der Waals surface area contributed by atoms with Gasteiger partial charge in [-0.25, -0.2) is 0 Å². The van der Waals surface area contributed by atoms with E-state index in [4.69, 9.17) is 11.6 Å². The van der Waals surface area contributed by atoms with Gasteiger partial charge in [0.25, 0.3) is 0 Å². The van der Waals surface area contributed by atoms with E-state index in [2.05, 4.69) is 24.5 Å². The summed E-state index contributed by atoms with van der Waals surface area (Å²) in [5, 5.41) is 6.75. The fourth-order valence-electron chi connectivity index (χ4n) is 3.19. The lowest BCUT2D eigenvalue weighted by atomic mass is 9.81. The third-order valence-electron chi connectivity index (χ3n) is 4.78. The van der Waals surface area contributed by atoms with E-state index < -0.39 is 0 Å². The van der Waals surface area contributed by atoms with Crippen molar-refractivity contribution < 1.29 is 9.59 Å². The van der Waals surface area contributed by atoms with Crippen molar-refractivity contribution in [3.63, 3.8) is 0 Å². The minimum atomic E-state index is 0.0411. The minimum absolute atomic E-state index is 0.0411. The molecule has 0 aliphatic heterocycles. The molecule has 0 bridgehead atoms. The predicted molar refractivity (Wildman–Crippen MR) is 101 cm³/mol. The molecule has 0 radical (unpaired) electrons. The number of nitrogens with one attached hydrogen (secondary N) is 2. The third-order valence-corrected chi connectivity index (χ3v) is 5.03. The van der Waals surface area contributed by atoms with E-state index in [0.29, 0.717) is 12.5 Å². The third kappa shape index (κ3) is 6.69. The lowest BCUT2D eigenvalue weighted by Gasteiger charge is -2.27. The SMILES string of the molecule is CC(C)CNC(=O)C1CCC(C(=O)NCCc2ccc(Cl)cc2)CC1. The molecule has 1 aliphatic carbocycles. The van der Waals surface area contributed by atoms with E-state index >= 15 is 0 Å². The van der Waals surface area contributed by atoms with Crippen LogP contribution in [0.15, 0.2) is 24.3 Å². The average molecular weight is 365 g/mol. The zero-order chi connectivity index (χ0) is 18.2. The summed E-state index contributed by atoms with van der Waals surface area (Å²) in [5.74, 6) is 0.841. The van der Waals surface area contributed by atoms with Crippen LogP contribution < -0.4 is 10.6 Å². The molecule has 5 heteroatoms. The predicted octanol–water partition coefficient (Wildman–Crippen LogP) is 3.58. The molecule has 1 aliphatic rings. The Balaban J connectivity index is 1.66. The highest BCUT2D eigenvalue weighted by molar-refractivity contribution is 6.30. The van der Waals surface area contributed by atoms with Crippen molar-refractivity contribution in [1.29, 1.82) is 0 Å². The number of halogens is 1. The van der Waals surface area contributed by atoms with Crippen molar-refractivity contribution in [2.45, 2.75) is 46.0 Å². The van der Waals surface area contributed by atoms with Gasteiger partial charge in [0, 0.05) is 29.9 Å². The highest BCUT2D eigenvalue weighted by atomic mass is 35.5. The van der Waals surface area contributed by atoms with E-state index in [1.165, 1.54) is 0 Å². The summed E-state index contributed by atoms with van der Waals surface area (Å²) in [5.41, 5.74) is 1.16. The van der Waals surface area contributed by atoms with E-state index in [-0.39, 0.29) is 23.7 Å². The topological polar surface area (TPSA) is 58.2 Å². The van der Waals surface area contributed by atoms with Crippen LogP contribution in [0, 0.1) is 17.8 Å². The summed E-state index contributed by atoms with van der Waals surface area (Å²) >= 11 is 5.87. The van der Waals surface area contributed by atoms with Crippen molar-refractivity contribution in [3.8, 4) is 0 Å². The van der Waals surface area contributed by atoms with Gasteiger partial charge in [-0.05, 0) is 55.7 Å². The van der Waals surface area contributed by atoms with Gasteiger partial charge in [0.2, 0.25) is 11.8 Å². The van der Waals surface area contributed by atoms with Crippen molar-refractivity contribution in [3.05, 3.63) is 34.9 Å². The quantitative estimate of drug-likeness (QED) is 0.776. The van der Waals surface area contributed by atoms with E-state index in [9.17, 15) is 9.59 Å². The van der Waals surface area contributed by atoms with E-state index in [1.807, 2.05) is 24.3 Å². The minimum Gasteiger partial charge on any atom is -0.356 e. The fraction of sp³-hybridized carbons (Fsp3) is 0.600. The van der Waals surface area contributed by atoms with Crippen LogP contribution in [0.1, 0.15) is 45.1 Å². The first-order valence-electron chi connectivity index (χ1n) is 9.25. The number of carbonyl (C=O) groups excluding carboxylic acids is 2. The second-order valence-electron chi connectivity index (χ2n) is 7.36. The highest BCUT2D eigenvalue weighted by Crippen LogP contribution is 2.29. The molecule has 1 aromatic carbocycles. The normalized spacial score (nSPS) is 20.3. The summed E-state index contributed by atoms with van der Waals surface area (Å²) in [6, 6.07) is 7.69. The largest absolute Gasteiger partial charge is 0.356 e. The molecule has 2 N–H and O–H groups in total. The zero-order valence-electron chi connectivity index (χ0n) is 15.2. The van der Waals surface area contributed by atoms with Gasteiger partial charge in [0.15, 0.2) is 0 Å². The summed E-state index contributed by atoms with van der Waals surface area (Å²) in [4.78, 5) is 24.4. The van der Waals surface area contributed by atoms with Crippen LogP contribution in [0.5, 0.6) is 0 Å². The average Bonchev–Trinajstić information content (AvgIpc) is 2.61. The molecule has 0 saturated heterocycles. The molecular weight excluding hydrogens is 336 g/mol. The van der Waals surface area contributed by atoms with Gasteiger partial charge >= 0.3 is 0 Å². The van der Waals surface area contributed by atoms with Gasteiger partial charge < -0.3 is 10.6 Å². The second-order valence-corrected chi connectivity index (χ2v) is 7.79. The van der Waals surface area contributed by atoms with Crippen LogP contribution in [0.4, 0.5) is 0 Å². The molecule has 2 amide bonds. The number of amides is 2. The molecule has 0 aromatic heterocycles. The monoisotopic (exact) mass is 364 g/mol. The van der Waals surface area contributed by atoms with E-state index in [1.54, 1.807) is 0 Å². The molecule has 0 spiro atoms. The molecule has 0 unspecified atom stereocenters. The summed E-state index contributed by atoms with van der Waals surface area (Å²) in [7, 11) is 0. The molecule has 25 heavy (non-hydrogen) atoms. The Hall–Kier alpha value is -1.55. The lowest BCUT2D eigenvalue weighted by Crippen LogP contribution is -2.38. The van der Waals surface area contributed by atoms with Gasteiger partial charge in [-0.1, -0.05) is 37.6 Å². The number of benzene rings is 1. The van der Waals surface area contributed by atoms with Crippen LogP contribution in [-0.2, 0) is 16.0 Å². The second kappa shape index (κ2) is 9.81. The molecule has 0 heterocycles. The first-order chi connectivity index (χ1) is 12.0. The molecule has 4 nitrogen and oxygen atoms in total. The summed E-state index contributed by atoms with van der Waals surface area (Å²) in [6.45, 7) is 5.54. The van der Waals surface area contributed by atoms with Gasteiger partial charge in [0.1, 0.15) is 0 Å². The van der Waals surface area contributed by atoms with Crippen molar-refractivity contribution in [2.75, 3.05) is 13.1 Å². The molecule has 1 aromatic rings. The van der Waals surface area contributed by atoms with Crippen LogP contribution >= 0.6 is 11.6 Å². The molecular formula is C20H29ClN2O2. The molecule has 2 rings (SSSR count). The lowest BCUT2D eigenvalue weighted by molar-refractivity contribution is -0.130. The Morgan fingerprint density at radius 1 is 1.00 bits per heavy atom. The number of hydrogen-bond acceptors (Lipinski definition) is 2. The maximum absolute atomic E-state index is 12.3.